The zero-order chi connectivity index (χ0) is 13.0. The maximum atomic E-state index is 11.8. The van der Waals surface area contributed by atoms with Gasteiger partial charge in [-0.05, 0) is 11.6 Å². The molecule has 0 radical (unpaired) electrons. The number of nitrogens with one attached hydrogen (secondary N) is 1. The lowest BCUT2D eigenvalue weighted by atomic mass is 9.97. The van der Waals surface area contributed by atoms with Crippen LogP contribution in [0.15, 0.2) is 48.1 Å². The number of rotatable bonds is 3. The number of ketones is 1. The Balaban J connectivity index is 2.46. The van der Waals surface area contributed by atoms with Crippen molar-refractivity contribution in [3.8, 4) is 0 Å². The largest absolute Gasteiger partial charge is 0.478 e. The predicted molar refractivity (Wildman–Crippen MR) is 67.8 cm³/mol. The fourth-order valence-corrected chi connectivity index (χ4v) is 1.86. The molecule has 0 aliphatic carbocycles. The Kier molecular flexibility index (Phi) is 3.57. The third-order valence-corrected chi connectivity index (χ3v) is 2.68. The van der Waals surface area contributed by atoms with Crippen LogP contribution >= 0.6 is 0 Å². The number of aliphatic carboxylic acids is 1. The van der Waals surface area contributed by atoms with Crippen LogP contribution < -0.4 is 5.32 Å². The lowest BCUT2D eigenvalue weighted by molar-refractivity contribution is -0.131. The lowest BCUT2D eigenvalue weighted by Crippen LogP contribution is -2.26. The van der Waals surface area contributed by atoms with E-state index in [1.54, 1.807) is 0 Å². The van der Waals surface area contributed by atoms with Gasteiger partial charge in [-0.2, -0.15) is 0 Å². The van der Waals surface area contributed by atoms with E-state index in [1.807, 2.05) is 30.3 Å². The Morgan fingerprint density at radius 1 is 1.28 bits per heavy atom. The number of carbonyl (C=O) groups excluding carboxylic acids is 1. The predicted octanol–water partition coefficient (Wildman–Crippen LogP) is 1.60. The van der Waals surface area contributed by atoms with Gasteiger partial charge in [-0.25, -0.2) is 4.79 Å². The molecule has 4 heteroatoms. The van der Waals surface area contributed by atoms with E-state index in [0.717, 1.165) is 11.6 Å². The van der Waals surface area contributed by atoms with Crippen LogP contribution in [0.4, 0.5) is 0 Å². The van der Waals surface area contributed by atoms with Crippen LogP contribution in [0.5, 0.6) is 0 Å². The Bertz CT molecular complexity index is 529. The number of hydrogen-bond donors (Lipinski definition) is 2. The van der Waals surface area contributed by atoms with Crippen molar-refractivity contribution in [2.24, 2.45) is 0 Å². The average molecular weight is 243 g/mol. The third-order valence-electron chi connectivity index (χ3n) is 2.68. The van der Waals surface area contributed by atoms with Crippen molar-refractivity contribution in [2.45, 2.75) is 6.42 Å². The number of carbonyl (C=O) groups is 2. The van der Waals surface area contributed by atoms with Gasteiger partial charge in [-0.15, -0.1) is 0 Å². The van der Waals surface area contributed by atoms with Crippen molar-refractivity contribution in [3.05, 3.63) is 53.6 Å². The second-order valence-corrected chi connectivity index (χ2v) is 3.93. The second kappa shape index (κ2) is 5.31. The summed E-state index contributed by atoms with van der Waals surface area (Å²) < 4.78 is 0. The Morgan fingerprint density at radius 3 is 2.67 bits per heavy atom. The van der Waals surface area contributed by atoms with Gasteiger partial charge in [0.15, 0.2) is 5.78 Å². The van der Waals surface area contributed by atoms with E-state index in [0.29, 0.717) is 24.2 Å². The highest BCUT2D eigenvalue weighted by Gasteiger charge is 2.19. The van der Waals surface area contributed by atoms with E-state index in [1.165, 1.54) is 6.08 Å². The summed E-state index contributed by atoms with van der Waals surface area (Å²) in [7, 11) is 0. The molecule has 0 amide bonds. The van der Waals surface area contributed by atoms with Gasteiger partial charge in [0.25, 0.3) is 0 Å². The van der Waals surface area contributed by atoms with Gasteiger partial charge in [0.05, 0.1) is 5.70 Å². The van der Waals surface area contributed by atoms with Crippen LogP contribution in [0, 0.1) is 0 Å². The summed E-state index contributed by atoms with van der Waals surface area (Å²) in [5.74, 6) is -1.10. The van der Waals surface area contributed by atoms with Gasteiger partial charge in [-0.1, -0.05) is 30.3 Å². The van der Waals surface area contributed by atoms with Gasteiger partial charge in [-0.3, -0.25) is 4.79 Å². The zero-order valence-corrected chi connectivity index (χ0v) is 9.72. The number of hydrogen-bond acceptors (Lipinski definition) is 3. The number of Topliss-reactive ketones (excluding diaryl/α,β-unsaturated/α-hetero) is 1. The highest BCUT2D eigenvalue weighted by atomic mass is 16.4. The molecule has 4 nitrogen and oxygen atoms in total. The molecule has 1 aliphatic heterocycles. The van der Waals surface area contributed by atoms with Gasteiger partial charge in [0, 0.05) is 24.6 Å². The molecule has 2 rings (SSSR count). The molecule has 1 aliphatic rings. The highest BCUT2D eigenvalue weighted by molar-refractivity contribution is 6.07. The molecule has 2 N–H and O–H groups in total. The molecule has 0 spiro atoms. The van der Waals surface area contributed by atoms with Gasteiger partial charge in [0.2, 0.25) is 0 Å². The zero-order valence-electron chi connectivity index (χ0n) is 9.72. The molecule has 0 fully saturated rings. The van der Waals surface area contributed by atoms with Gasteiger partial charge < -0.3 is 10.4 Å². The first-order valence-corrected chi connectivity index (χ1v) is 5.66. The summed E-state index contributed by atoms with van der Waals surface area (Å²) in [5.41, 5.74) is 2.01. The monoisotopic (exact) mass is 243 g/mol. The molecule has 0 unspecified atom stereocenters. The molecule has 1 aromatic rings. The standard InChI is InChI=1S/C14H13NO3/c16-12-8-9-15-14(10-4-2-1-3-5-10)11(12)6-7-13(17)18/h1-7,15H,8-9H2,(H,17,18)/b7-6+. The van der Waals surface area contributed by atoms with Crippen molar-refractivity contribution in [3.63, 3.8) is 0 Å². The normalized spacial score (nSPS) is 15.9. The number of carboxylic acid groups (broad SMARTS) is 1. The molecule has 0 atom stereocenters. The molecule has 0 saturated heterocycles. The van der Waals surface area contributed by atoms with Gasteiger partial charge in [0.1, 0.15) is 0 Å². The quantitative estimate of drug-likeness (QED) is 0.791. The molecule has 0 aromatic heterocycles. The minimum Gasteiger partial charge on any atom is -0.478 e. The maximum absolute atomic E-state index is 11.8. The molecule has 1 aromatic carbocycles. The molecule has 0 saturated carbocycles. The fourth-order valence-electron chi connectivity index (χ4n) is 1.86. The Hall–Kier alpha value is -2.36. The van der Waals surface area contributed by atoms with E-state index in [4.69, 9.17) is 5.11 Å². The molecule has 92 valence electrons. The summed E-state index contributed by atoms with van der Waals surface area (Å²) in [5, 5.41) is 11.8. The van der Waals surface area contributed by atoms with Crippen molar-refractivity contribution < 1.29 is 14.7 Å². The first kappa shape index (κ1) is 12.1. The minimum atomic E-state index is -1.06. The lowest BCUT2D eigenvalue weighted by Gasteiger charge is -2.19. The summed E-state index contributed by atoms with van der Waals surface area (Å²) >= 11 is 0. The van der Waals surface area contributed by atoms with Crippen LogP contribution in [0.3, 0.4) is 0 Å². The molecular formula is C14H13NO3. The number of allylic oxidation sites excluding steroid dienone is 2. The fraction of sp³-hybridized carbons (Fsp3) is 0.143. The summed E-state index contributed by atoms with van der Waals surface area (Å²) in [6.07, 6.45) is 2.73. The molecule has 1 heterocycles. The van der Waals surface area contributed by atoms with Crippen molar-refractivity contribution in [1.82, 2.24) is 5.32 Å². The van der Waals surface area contributed by atoms with Crippen LogP contribution in [0.1, 0.15) is 12.0 Å². The first-order chi connectivity index (χ1) is 8.68. The van der Waals surface area contributed by atoms with Crippen molar-refractivity contribution in [1.29, 1.82) is 0 Å². The summed E-state index contributed by atoms with van der Waals surface area (Å²) in [6.45, 7) is 0.577. The number of benzene rings is 1. The second-order valence-electron chi connectivity index (χ2n) is 3.93. The van der Waals surface area contributed by atoms with E-state index >= 15 is 0 Å². The molecular weight excluding hydrogens is 230 g/mol. The topological polar surface area (TPSA) is 66.4 Å². The Morgan fingerprint density at radius 2 is 2.00 bits per heavy atom. The van der Waals surface area contributed by atoms with Crippen LogP contribution in [-0.4, -0.2) is 23.4 Å². The van der Waals surface area contributed by atoms with E-state index in [2.05, 4.69) is 5.32 Å². The molecule has 0 bridgehead atoms. The van der Waals surface area contributed by atoms with E-state index < -0.39 is 5.97 Å². The SMILES string of the molecule is O=C(O)/C=C/C1=C(c2ccccc2)NCCC1=O. The molecule has 18 heavy (non-hydrogen) atoms. The van der Waals surface area contributed by atoms with Crippen LogP contribution in [-0.2, 0) is 9.59 Å². The van der Waals surface area contributed by atoms with Crippen LogP contribution in [0.25, 0.3) is 5.70 Å². The number of carboxylic acids is 1. The van der Waals surface area contributed by atoms with E-state index in [9.17, 15) is 9.59 Å². The first-order valence-electron chi connectivity index (χ1n) is 5.66. The third kappa shape index (κ3) is 2.66. The minimum absolute atomic E-state index is 0.0369. The van der Waals surface area contributed by atoms with Crippen molar-refractivity contribution >= 4 is 17.4 Å². The average Bonchev–Trinajstić information content (AvgIpc) is 2.38. The maximum Gasteiger partial charge on any atom is 0.328 e. The van der Waals surface area contributed by atoms with Crippen molar-refractivity contribution in [2.75, 3.05) is 6.54 Å². The van der Waals surface area contributed by atoms with Crippen LogP contribution in [0.2, 0.25) is 0 Å². The van der Waals surface area contributed by atoms with E-state index in [-0.39, 0.29) is 5.78 Å². The highest BCUT2D eigenvalue weighted by Crippen LogP contribution is 2.21. The summed E-state index contributed by atoms with van der Waals surface area (Å²) in [6, 6.07) is 9.41. The Labute approximate surface area is 105 Å². The summed E-state index contributed by atoms with van der Waals surface area (Å²) in [4.78, 5) is 22.4. The van der Waals surface area contributed by atoms with Gasteiger partial charge >= 0.3 is 5.97 Å². The smallest absolute Gasteiger partial charge is 0.328 e.